The van der Waals surface area contributed by atoms with Crippen LogP contribution in [-0.4, -0.2) is 4.98 Å². The molecular weight excluding hydrogens is 520 g/mol. The van der Waals surface area contributed by atoms with Gasteiger partial charge in [-0.25, -0.2) is 4.98 Å². The molecule has 0 radical (unpaired) electrons. The Labute approximate surface area is 251 Å². The second kappa shape index (κ2) is 10.6. The van der Waals surface area contributed by atoms with E-state index in [0.29, 0.717) is 0 Å². The summed E-state index contributed by atoms with van der Waals surface area (Å²) in [4.78, 5) is 7.51. The summed E-state index contributed by atoms with van der Waals surface area (Å²) < 4.78 is 0. The van der Waals surface area contributed by atoms with E-state index in [1.54, 1.807) is 0 Å². The third-order valence-corrected chi connectivity index (χ3v) is 8.23. The number of aromatic nitrogens is 1. The summed E-state index contributed by atoms with van der Waals surface area (Å²) in [5, 5.41) is 5.92. The van der Waals surface area contributed by atoms with Crippen LogP contribution < -0.4 is 4.90 Å². The molecule has 43 heavy (non-hydrogen) atoms. The number of rotatable bonds is 5. The van der Waals surface area contributed by atoms with E-state index in [-0.39, 0.29) is 0 Å². The fraction of sp³-hybridized carbons (Fsp3) is 0. The number of nitrogens with zero attached hydrogens (tertiary/aromatic N) is 2. The number of benzene rings is 7. The van der Waals surface area contributed by atoms with Gasteiger partial charge < -0.3 is 0 Å². The van der Waals surface area contributed by atoms with E-state index < -0.39 is 0 Å². The first kappa shape index (κ1) is 25.0. The van der Waals surface area contributed by atoms with Crippen LogP contribution in [0.3, 0.4) is 0 Å². The van der Waals surface area contributed by atoms with Crippen molar-refractivity contribution in [2.75, 3.05) is 4.90 Å². The minimum absolute atomic E-state index is 0.889. The highest BCUT2D eigenvalue weighted by Crippen LogP contribution is 2.47. The van der Waals surface area contributed by atoms with Gasteiger partial charge in [-0.05, 0) is 63.4 Å². The molecule has 0 spiro atoms. The van der Waals surface area contributed by atoms with Gasteiger partial charge in [0.1, 0.15) is 5.82 Å². The van der Waals surface area contributed by atoms with Crippen molar-refractivity contribution in [3.05, 3.63) is 170 Å². The van der Waals surface area contributed by atoms with Gasteiger partial charge in [-0.2, -0.15) is 0 Å². The standard InChI is InChI=1S/C41H28N2/c1-3-13-29(14-4-1)30-23-25-32(26-24-30)40-34-18-8-10-20-36(34)41(37-21-11-9-19-35(37)40)43(33-16-5-2-6-17-33)39-28-27-31-15-7-12-22-38(31)42-39/h1-28H. The van der Waals surface area contributed by atoms with Gasteiger partial charge in [0, 0.05) is 21.8 Å². The second-order valence-corrected chi connectivity index (χ2v) is 10.8. The first-order chi connectivity index (χ1) is 21.3. The largest absolute Gasteiger partial charge is 0.294 e. The maximum Gasteiger partial charge on any atom is 0.138 e. The molecule has 0 aliphatic rings. The molecular formula is C41H28N2. The second-order valence-electron chi connectivity index (χ2n) is 10.8. The quantitative estimate of drug-likeness (QED) is 0.199. The van der Waals surface area contributed by atoms with Crippen LogP contribution in [0.2, 0.25) is 0 Å². The van der Waals surface area contributed by atoms with Gasteiger partial charge in [-0.1, -0.05) is 140 Å². The van der Waals surface area contributed by atoms with Crippen molar-refractivity contribution in [2.45, 2.75) is 0 Å². The lowest BCUT2D eigenvalue weighted by atomic mass is 9.89. The summed E-state index contributed by atoms with van der Waals surface area (Å²) >= 11 is 0. The highest BCUT2D eigenvalue weighted by molar-refractivity contribution is 6.22. The Kier molecular flexibility index (Phi) is 6.16. The molecule has 8 rings (SSSR count). The fourth-order valence-corrected chi connectivity index (χ4v) is 6.25. The van der Waals surface area contributed by atoms with Crippen molar-refractivity contribution in [3.8, 4) is 22.3 Å². The van der Waals surface area contributed by atoms with E-state index in [4.69, 9.17) is 4.98 Å². The molecule has 0 N–H and O–H groups in total. The van der Waals surface area contributed by atoms with Crippen LogP contribution in [0.5, 0.6) is 0 Å². The summed E-state index contributed by atoms with van der Waals surface area (Å²) in [5.41, 5.74) is 8.06. The summed E-state index contributed by atoms with van der Waals surface area (Å²) in [6.45, 7) is 0. The Bertz CT molecular complexity index is 2160. The maximum atomic E-state index is 5.19. The molecule has 0 bridgehead atoms. The van der Waals surface area contributed by atoms with Crippen molar-refractivity contribution >= 4 is 49.6 Å². The third-order valence-electron chi connectivity index (χ3n) is 8.23. The topological polar surface area (TPSA) is 16.1 Å². The van der Waals surface area contributed by atoms with Gasteiger partial charge >= 0.3 is 0 Å². The third kappa shape index (κ3) is 4.41. The van der Waals surface area contributed by atoms with Crippen molar-refractivity contribution in [1.82, 2.24) is 4.98 Å². The predicted molar refractivity (Wildman–Crippen MR) is 182 cm³/mol. The average Bonchev–Trinajstić information content (AvgIpc) is 3.09. The van der Waals surface area contributed by atoms with Crippen LogP contribution in [-0.2, 0) is 0 Å². The molecule has 1 aromatic heterocycles. The van der Waals surface area contributed by atoms with E-state index in [2.05, 4.69) is 175 Å². The lowest BCUT2D eigenvalue weighted by Crippen LogP contribution is -2.13. The molecule has 2 nitrogen and oxygen atoms in total. The molecule has 0 atom stereocenters. The van der Waals surface area contributed by atoms with E-state index >= 15 is 0 Å². The number of pyridine rings is 1. The van der Waals surface area contributed by atoms with Gasteiger partial charge in [0.15, 0.2) is 0 Å². The van der Waals surface area contributed by atoms with E-state index in [0.717, 1.165) is 28.1 Å². The van der Waals surface area contributed by atoms with Gasteiger partial charge in [-0.15, -0.1) is 0 Å². The summed E-state index contributed by atoms with van der Waals surface area (Å²) in [7, 11) is 0. The van der Waals surface area contributed by atoms with Crippen molar-refractivity contribution in [2.24, 2.45) is 0 Å². The summed E-state index contributed by atoms with van der Waals surface area (Å²) in [5.74, 6) is 0.889. The molecule has 0 unspecified atom stereocenters. The number of fused-ring (bicyclic) bond motifs is 3. The summed E-state index contributed by atoms with van der Waals surface area (Å²) in [6, 6.07) is 60.3. The highest BCUT2D eigenvalue weighted by atomic mass is 15.2. The van der Waals surface area contributed by atoms with Gasteiger partial charge in [0.25, 0.3) is 0 Å². The van der Waals surface area contributed by atoms with Crippen LogP contribution >= 0.6 is 0 Å². The smallest absolute Gasteiger partial charge is 0.138 e. The molecule has 0 saturated heterocycles. The maximum absolute atomic E-state index is 5.19. The monoisotopic (exact) mass is 548 g/mol. The molecule has 0 fully saturated rings. The van der Waals surface area contributed by atoms with Gasteiger partial charge in [0.05, 0.1) is 11.2 Å². The van der Waals surface area contributed by atoms with Gasteiger partial charge in [0.2, 0.25) is 0 Å². The average molecular weight is 549 g/mol. The molecule has 0 aliphatic carbocycles. The molecule has 2 heteroatoms. The molecule has 0 amide bonds. The number of anilines is 3. The number of hydrogen-bond acceptors (Lipinski definition) is 2. The predicted octanol–water partition coefficient (Wildman–Crippen LogP) is 11.3. The Morgan fingerprint density at radius 1 is 0.372 bits per heavy atom. The Balaban J connectivity index is 1.41. The Hall–Kier alpha value is -5.73. The number of hydrogen-bond donors (Lipinski definition) is 0. The van der Waals surface area contributed by atoms with Crippen LogP contribution in [0.4, 0.5) is 17.2 Å². The molecule has 202 valence electrons. The summed E-state index contributed by atoms with van der Waals surface area (Å²) in [6.07, 6.45) is 0. The fourth-order valence-electron chi connectivity index (χ4n) is 6.25. The Morgan fingerprint density at radius 2 is 0.884 bits per heavy atom. The first-order valence-electron chi connectivity index (χ1n) is 14.7. The lowest BCUT2D eigenvalue weighted by molar-refractivity contribution is 1.22. The highest BCUT2D eigenvalue weighted by Gasteiger charge is 2.22. The Morgan fingerprint density at radius 3 is 1.56 bits per heavy atom. The molecule has 1 heterocycles. The van der Waals surface area contributed by atoms with Crippen molar-refractivity contribution in [3.63, 3.8) is 0 Å². The van der Waals surface area contributed by atoms with Crippen LogP contribution in [0.1, 0.15) is 0 Å². The minimum Gasteiger partial charge on any atom is -0.294 e. The van der Waals surface area contributed by atoms with E-state index in [1.807, 2.05) is 0 Å². The minimum atomic E-state index is 0.889. The first-order valence-corrected chi connectivity index (χ1v) is 14.7. The van der Waals surface area contributed by atoms with E-state index in [1.165, 1.54) is 43.8 Å². The van der Waals surface area contributed by atoms with Crippen molar-refractivity contribution < 1.29 is 0 Å². The molecule has 8 aromatic rings. The van der Waals surface area contributed by atoms with Crippen molar-refractivity contribution in [1.29, 1.82) is 0 Å². The zero-order valence-electron chi connectivity index (χ0n) is 23.6. The number of para-hydroxylation sites is 2. The van der Waals surface area contributed by atoms with Crippen LogP contribution in [0.25, 0.3) is 54.7 Å². The van der Waals surface area contributed by atoms with E-state index in [9.17, 15) is 0 Å². The molecule has 0 aliphatic heterocycles. The zero-order valence-corrected chi connectivity index (χ0v) is 23.6. The zero-order chi connectivity index (χ0) is 28.6. The van der Waals surface area contributed by atoms with Gasteiger partial charge in [-0.3, -0.25) is 4.90 Å². The SMILES string of the molecule is c1ccc(-c2ccc(-c3c4ccccc4c(N(c4ccccc4)c4ccc5ccccc5n4)c4ccccc34)cc2)cc1. The van der Waals surface area contributed by atoms with Crippen LogP contribution in [0.15, 0.2) is 170 Å². The lowest BCUT2D eigenvalue weighted by Gasteiger charge is -2.28. The van der Waals surface area contributed by atoms with Crippen LogP contribution in [0, 0.1) is 0 Å². The normalized spacial score (nSPS) is 11.3. The molecule has 0 saturated carbocycles. The molecule has 7 aromatic carbocycles.